The monoisotopic (exact) mass is 264 g/mol. The van der Waals surface area contributed by atoms with Crippen LogP contribution in [-0.2, 0) is 4.79 Å². The number of H-pyrrole nitrogens is 1. The Kier molecular flexibility index (Phi) is 4.58. The van der Waals surface area contributed by atoms with Gasteiger partial charge in [-0.2, -0.15) is 0 Å². The van der Waals surface area contributed by atoms with Crippen molar-refractivity contribution in [2.45, 2.75) is 51.5 Å². The summed E-state index contributed by atoms with van der Waals surface area (Å²) in [5.74, 6) is 0.914. The molecule has 1 aliphatic carbocycles. The van der Waals surface area contributed by atoms with Gasteiger partial charge >= 0.3 is 0 Å². The Morgan fingerprint density at radius 3 is 2.79 bits per heavy atom. The van der Waals surface area contributed by atoms with E-state index in [0.29, 0.717) is 6.54 Å². The first-order valence-electron chi connectivity index (χ1n) is 7.22. The SMILES string of the molecule is CCC(NC(=O)C1(CN)CCCCC1)c1ncc[nH]1. The minimum Gasteiger partial charge on any atom is -0.347 e. The van der Waals surface area contributed by atoms with E-state index < -0.39 is 0 Å². The fourth-order valence-electron chi connectivity index (χ4n) is 2.90. The normalized spacial score (nSPS) is 19.9. The van der Waals surface area contributed by atoms with Crippen molar-refractivity contribution in [3.05, 3.63) is 18.2 Å². The molecule has 19 heavy (non-hydrogen) atoms. The first-order chi connectivity index (χ1) is 9.22. The van der Waals surface area contributed by atoms with E-state index in [0.717, 1.165) is 37.9 Å². The number of amides is 1. The predicted molar refractivity (Wildman–Crippen MR) is 74.3 cm³/mol. The van der Waals surface area contributed by atoms with Gasteiger partial charge < -0.3 is 16.0 Å². The van der Waals surface area contributed by atoms with Gasteiger partial charge in [-0.25, -0.2) is 4.98 Å². The van der Waals surface area contributed by atoms with Gasteiger partial charge in [-0.3, -0.25) is 4.79 Å². The number of imidazole rings is 1. The van der Waals surface area contributed by atoms with Crippen LogP contribution in [0, 0.1) is 5.41 Å². The summed E-state index contributed by atoms with van der Waals surface area (Å²) in [6.45, 7) is 2.48. The second-order valence-electron chi connectivity index (χ2n) is 5.45. The summed E-state index contributed by atoms with van der Waals surface area (Å²) in [5.41, 5.74) is 5.53. The Morgan fingerprint density at radius 1 is 1.53 bits per heavy atom. The Hall–Kier alpha value is -1.36. The highest BCUT2D eigenvalue weighted by Gasteiger charge is 2.39. The zero-order chi connectivity index (χ0) is 13.7. The van der Waals surface area contributed by atoms with Crippen LogP contribution in [0.4, 0.5) is 0 Å². The van der Waals surface area contributed by atoms with Gasteiger partial charge in [0.15, 0.2) is 0 Å². The molecule has 1 aromatic rings. The largest absolute Gasteiger partial charge is 0.347 e. The minimum absolute atomic E-state index is 0.0483. The van der Waals surface area contributed by atoms with Crippen molar-refractivity contribution in [1.29, 1.82) is 0 Å². The van der Waals surface area contributed by atoms with Gasteiger partial charge in [-0.1, -0.05) is 26.2 Å². The number of carbonyl (C=O) groups is 1. The molecule has 2 rings (SSSR count). The second-order valence-corrected chi connectivity index (χ2v) is 5.45. The standard InChI is InChI=1S/C14H24N4O/c1-2-11(12-16-8-9-17-12)18-13(19)14(10-15)6-4-3-5-7-14/h8-9,11H,2-7,10,15H2,1H3,(H,16,17)(H,18,19). The van der Waals surface area contributed by atoms with Crippen molar-refractivity contribution < 1.29 is 4.79 Å². The molecular formula is C14H24N4O. The molecule has 0 radical (unpaired) electrons. The molecular weight excluding hydrogens is 240 g/mol. The fourth-order valence-corrected chi connectivity index (χ4v) is 2.90. The van der Waals surface area contributed by atoms with Gasteiger partial charge in [0.1, 0.15) is 5.82 Å². The number of nitrogens with zero attached hydrogens (tertiary/aromatic N) is 1. The second kappa shape index (κ2) is 6.19. The third-order valence-electron chi connectivity index (χ3n) is 4.25. The van der Waals surface area contributed by atoms with E-state index in [2.05, 4.69) is 15.3 Å². The minimum atomic E-state index is -0.363. The van der Waals surface area contributed by atoms with Gasteiger partial charge in [0.25, 0.3) is 0 Å². The molecule has 1 heterocycles. The maximum Gasteiger partial charge on any atom is 0.228 e. The number of carbonyl (C=O) groups excluding carboxylic acids is 1. The molecule has 1 amide bonds. The Bertz CT molecular complexity index is 396. The van der Waals surface area contributed by atoms with Crippen LogP contribution < -0.4 is 11.1 Å². The molecule has 1 unspecified atom stereocenters. The summed E-state index contributed by atoms with van der Waals surface area (Å²) < 4.78 is 0. The van der Waals surface area contributed by atoms with Crippen molar-refractivity contribution in [3.8, 4) is 0 Å². The lowest BCUT2D eigenvalue weighted by Gasteiger charge is -2.35. The number of aromatic amines is 1. The van der Waals surface area contributed by atoms with Crippen LogP contribution in [0.1, 0.15) is 57.3 Å². The fraction of sp³-hybridized carbons (Fsp3) is 0.714. The predicted octanol–water partition coefficient (Wildman–Crippen LogP) is 1.89. The third kappa shape index (κ3) is 2.97. The van der Waals surface area contributed by atoms with Crippen LogP contribution >= 0.6 is 0 Å². The highest BCUT2D eigenvalue weighted by molar-refractivity contribution is 5.83. The molecule has 1 fully saturated rings. The van der Waals surface area contributed by atoms with Crippen molar-refractivity contribution >= 4 is 5.91 Å². The summed E-state index contributed by atoms with van der Waals surface area (Å²) >= 11 is 0. The number of nitrogens with one attached hydrogen (secondary N) is 2. The van der Waals surface area contributed by atoms with Crippen LogP contribution in [0.25, 0.3) is 0 Å². The van der Waals surface area contributed by atoms with Gasteiger partial charge in [0.2, 0.25) is 5.91 Å². The van der Waals surface area contributed by atoms with E-state index >= 15 is 0 Å². The van der Waals surface area contributed by atoms with Gasteiger partial charge in [0, 0.05) is 18.9 Å². The maximum absolute atomic E-state index is 12.6. The maximum atomic E-state index is 12.6. The molecule has 0 bridgehead atoms. The third-order valence-corrected chi connectivity index (χ3v) is 4.25. The van der Waals surface area contributed by atoms with Crippen molar-refractivity contribution in [1.82, 2.24) is 15.3 Å². The summed E-state index contributed by atoms with van der Waals surface area (Å²) in [4.78, 5) is 19.9. The van der Waals surface area contributed by atoms with E-state index in [1.807, 2.05) is 6.92 Å². The molecule has 0 aromatic carbocycles. The lowest BCUT2D eigenvalue weighted by atomic mass is 9.73. The lowest BCUT2D eigenvalue weighted by molar-refractivity contribution is -0.133. The average molecular weight is 264 g/mol. The van der Waals surface area contributed by atoms with Crippen LogP contribution in [-0.4, -0.2) is 22.4 Å². The molecule has 1 aromatic heterocycles. The van der Waals surface area contributed by atoms with Gasteiger partial charge in [-0.05, 0) is 19.3 Å². The molecule has 0 spiro atoms. The van der Waals surface area contributed by atoms with Crippen LogP contribution in [0.2, 0.25) is 0 Å². The van der Waals surface area contributed by atoms with Crippen LogP contribution in [0.15, 0.2) is 12.4 Å². The molecule has 1 saturated carbocycles. The van der Waals surface area contributed by atoms with E-state index in [-0.39, 0.29) is 17.4 Å². The average Bonchev–Trinajstić information content (AvgIpc) is 2.99. The van der Waals surface area contributed by atoms with E-state index in [4.69, 9.17) is 5.73 Å². The number of nitrogens with two attached hydrogens (primary N) is 1. The molecule has 0 saturated heterocycles. The van der Waals surface area contributed by atoms with Gasteiger partial charge in [-0.15, -0.1) is 0 Å². The highest BCUT2D eigenvalue weighted by atomic mass is 16.2. The van der Waals surface area contributed by atoms with Gasteiger partial charge in [0.05, 0.1) is 11.5 Å². The summed E-state index contributed by atoms with van der Waals surface area (Å²) in [5, 5.41) is 3.12. The Morgan fingerprint density at radius 2 is 2.26 bits per heavy atom. The van der Waals surface area contributed by atoms with Crippen LogP contribution in [0.5, 0.6) is 0 Å². The van der Waals surface area contributed by atoms with Crippen molar-refractivity contribution in [3.63, 3.8) is 0 Å². The van der Waals surface area contributed by atoms with E-state index in [9.17, 15) is 4.79 Å². The highest BCUT2D eigenvalue weighted by Crippen LogP contribution is 2.36. The summed E-state index contributed by atoms with van der Waals surface area (Å²) in [6, 6.07) is -0.0483. The summed E-state index contributed by atoms with van der Waals surface area (Å²) in [6.07, 6.45) is 9.54. The molecule has 0 aliphatic heterocycles. The first-order valence-corrected chi connectivity index (χ1v) is 7.22. The molecule has 1 atom stereocenters. The van der Waals surface area contributed by atoms with Crippen molar-refractivity contribution in [2.24, 2.45) is 11.1 Å². The number of rotatable bonds is 5. The quantitative estimate of drug-likeness (QED) is 0.759. The summed E-state index contributed by atoms with van der Waals surface area (Å²) in [7, 11) is 0. The van der Waals surface area contributed by atoms with Crippen molar-refractivity contribution in [2.75, 3.05) is 6.54 Å². The lowest BCUT2D eigenvalue weighted by Crippen LogP contribution is -2.48. The first kappa shape index (κ1) is 14.1. The number of aromatic nitrogens is 2. The Balaban J connectivity index is 2.06. The molecule has 1 aliphatic rings. The van der Waals surface area contributed by atoms with Crippen LogP contribution in [0.3, 0.4) is 0 Å². The topological polar surface area (TPSA) is 83.8 Å². The Labute approximate surface area is 114 Å². The molecule has 4 N–H and O–H groups in total. The molecule has 106 valence electrons. The molecule has 5 heteroatoms. The smallest absolute Gasteiger partial charge is 0.228 e. The zero-order valence-electron chi connectivity index (χ0n) is 11.6. The van der Waals surface area contributed by atoms with E-state index in [1.54, 1.807) is 12.4 Å². The molecule has 5 nitrogen and oxygen atoms in total. The van der Waals surface area contributed by atoms with E-state index in [1.165, 1.54) is 6.42 Å². The number of hydrogen-bond acceptors (Lipinski definition) is 3. The zero-order valence-corrected chi connectivity index (χ0v) is 11.6. The number of hydrogen-bond donors (Lipinski definition) is 3.